The van der Waals surface area contributed by atoms with Gasteiger partial charge in [-0.15, -0.1) is 6.58 Å². The molecule has 0 saturated heterocycles. The second-order valence-electron chi connectivity index (χ2n) is 4.94. The molecular formula is C15H14F5NO3. The monoisotopic (exact) mass is 351 g/mol. The zero-order chi connectivity index (χ0) is 18.4. The Hall–Kier alpha value is -2.45. The number of carbonyl (C=O) groups excluding carboxylic acids is 1. The van der Waals surface area contributed by atoms with Gasteiger partial charge >= 0.3 is 5.97 Å². The molecule has 1 aromatic carbocycles. The number of carbonyl (C=O) groups is 2. The summed E-state index contributed by atoms with van der Waals surface area (Å²) in [6.45, 7) is 3.39. The Balaban J connectivity index is 3.08. The van der Waals surface area contributed by atoms with Gasteiger partial charge < -0.3 is 10.4 Å². The lowest BCUT2D eigenvalue weighted by Crippen LogP contribution is -2.38. The standard InChI is InChI=1S/C15H14F5NO3/c1-2-3-4-9(22)21-7(6-10(23)24)5-8-11(16)13(18)15(20)14(19)12(8)17/h2,7H,1,3-6H2,(H,21,22)(H,23,24)/t7-/m0/s1. The van der Waals surface area contributed by atoms with Crippen molar-refractivity contribution in [1.82, 2.24) is 5.32 Å². The lowest BCUT2D eigenvalue weighted by Gasteiger charge is -2.18. The number of aliphatic carboxylic acids is 1. The maximum atomic E-state index is 13.6. The van der Waals surface area contributed by atoms with Gasteiger partial charge in [0.15, 0.2) is 23.3 Å². The number of carboxylic acid groups (broad SMARTS) is 1. The molecule has 0 fully saturated rings. The molecule has 1 rings (SSSR count). The highest BCUT2D eigenvalue weighted by molar-refractivity contribution is 5.77. The summed E-state index contributed by atoms with van der Waals surface area (Å²) in [6.07, 6.45) is 0.0258. The summed E-state index contributed by atoms with van der Waals surface area (Å²) >= 11 is 0. The van der Waals surface area contributed by atoms with E-state index in [-0.39, 0.29) is 12.8 Å². The van der Waals surface area contributed by atoms with Crippen LogP contribution in [0.25, 0.3) is 0 Å². The number of allylic oxidation sites excluding steroid dienone is 1. The molecule has 0 aliphatic rings. The van der Waals surface area contributed by atoms with Gasteiger partial charge in [0.05, 0.1) is 6.42 Å². The van der Waals surface area contributed by atoms with E-state index in [0.29, 0.717) is 0 Å². The first-order chi connectivity index (χ1) is 11.2. The Labute approximate surface area is 134 Å². The third-order valence-corrected chi connectivity index (χ3v) is 3.11. The Kier molecular flexibility index (Phi) is 6.87. The Morgan fingerprint density at radius 3 is 2.00 bits per heavy atom. The summed E-state index contributed by atoms with van der Waals surface area (Å²) < 4.78 is 66.6. The molecule has 24 heavy (non-hydrogen) atoms. The smallest absolute Gasteiger partial charge is 0.305 e. The Morgan fingerprint density at radius 2 is 1.54 bits per heavy atom. The van der Waals surface area contributed by atoms with E-state index in [0.717, 1.165) is 0 Å². The van der Waals surface area contributed by atoms with Crippen LogP contribution in [0.4, 0.5) is 22.0 Å². The fourth-order valence-corrected chi connectivity index (χ4v) is 1.99. The highest BCUT2D eigenvalue weighted by Gasteiger charge is 2.28. The van der Waals surface area contributed by atoms with Crippen LogP contribution in [0, 0.1) is 29.1 Å². The fraction of sp³-hybridized carbons (Fsp3) is 0.333. The zero-order valence-electron chi connectivity index (χ0n) is 12.3. The van der Waals surface area contributed by atoms with E-state index < -0.39 is 65.4 Å². The summed E-state index contributed by atoms with van der Waals surface area (Å²) in [5, 5.41) is 11.0. The van der Waals surface area contributed by atoms with E-state index >= 15 is 0 Å². The first-order valence-corrected chi connectivity index (χ1v) is 6.81. The molecule has 1 amide bonds. The quantitative estimate of drug-likeness (QED) is 0.328. The first-order valence-electron chi connectivity index (χ1n) is 6.81. The van der Waals surface area contributed by atoms with Crippen molar-refractivity contribution >= 4 is 11.9 Å². The summed E-state index contributed by atoms with van der Waals surface area (Å²) in [5.41, 5.74) is -1.18. The Morgan fingerprint density at radius 1 is 1.04 bits per heavy atom. The van der Waals surface area contributed by atoms with Crippen LogP contribution in [0.5, 0.6) is 0 Å². The average Bonchev–Trinajstić information content (AvgIpc) is 2.52. The van der Waals surface area contributed by atoms with Gasteiger partial charge in [-0.3, -0.25) is 9.59 Å². The second kappa shape index (κ2) is 8.42. The van der Waals surface area contributed by atoms with Crippen LogP contribution in [0.2, 0.25) is 0 Å². The summed E-state index contributed by atoms with van der Waals surface area (Å²) in [6, 6.07) is -1.34. The number of hydrogen-bond acceptors (Lipinski definition) is 2. The molecule has 2 N–H and O–H groups in total. The van der Waals surface area contributed by atoms with E-state index in [1.165, 1.54) is 6.08 Å². The predicted molar refractivity (Wildman–Crippen MR) is 73.6 cm³/mol. The van der Waals surface area contributed by atoms with Crippen molar-refractivity contribution in [2.75, 3.05) is 0 Å². The van der Waals surface area contributed by atoms with Crippen molar-refractivity contribution in [2.24, 2.45) is 0 Å². The molecule has 1 aromatic rings. The van der Waals surface area contributed by atoms with Crippen molar-refractivity contribution < 1.29 is 36.6 Å². The molecule has 0 aromatic heterocycles. The van der Waals surface area contributed by atoms with Crippen LogP contribution in [0.3, 0.4) is 0 Å². The number of amides is 1. The van der Waals surface area contributed by atoms with Crippen molar-refractivity contribution in [3.8, 4) is 0 Å². The highest BCUT2D eigenvalue weighted by Crippen LogP contribution is 2.24. The number of hydrogen-bond donors (Lipinski definition) is 2. The largest absolute Gasteiger partial charge is 0.481 e. The molecule has 9 heteroatoms. The molecule has 0 aliphatic carbocycles. The number of benzene rings is 1. The van der Waals surface area contributed by atoms with Gasteiger partial charge in [-0.1, -0.05) is 6.08 Å². The molecule has 0 heterocycles. The van der Waals surface area contributed by atoms with E-state index in [4.69, 9.17) is 5.11 Å². The van der Waals surface area contributed by atoms with Gasteiger partial charge in [-0.05, 0) is 12.8 Å². The van der Waals surface area contributed by atoms with E-state index in [2.05, 4.69) is 11.9 Å². The molecule has 0 aliphatic heterocycles. The van der Waals surface area contributed by atoms with Crippen molar-refractivity contribution in [2.45, 2.75) is 31.7 Å². The van der Waals surface area contributed by atoms with Crippen LogP contribution < -0.4 is 5.32 Å². The van der Waals surface area contributed by atoms with Gasteiger partial charge in [0.25, 0.3) is 0 Å². The van der Waals surface area contributed by atoms with Gasteiger partial charge in [-0.2, -0.15) is 0 Å². The molecule has 1 atom stereocenters. The van der Waals surface area contributed by atoms with E-state index in [9.17, 15) is 31.5 Å². The van der Waals surface area contributed by atoms with Crippen LogP contribution >= 0.6 is 0 Å². The summed E-state index contributed by atoms with van der Waals surface area (Å²) in [5.74, 6) is -12.7. The number of carboxylic acids is 1. The fourth-order valence-electron chi connectivity index (χ4n) is 1.99. The van der Waals surface area contributed by atoms with Crippen LogP contribution in [0.15, 0.2) is 12.7 Å². The first kappa shape index (κ1) is 19.6. The second-order valence-corrected chi connectivity index (χ2v) is 4.94. The molecule has 0 saturated carbocycles. The molecule has 0 unspecified atom stereocenters. The molecule has 0 radical (unpaired) electrons. The summed E-state index contributed by atoms with van der Waals surface area (Å²) in [4.78, 5) is 22.4. The minimum atomic E-state index is -2.31. The molecule has 4 nitrogen and oxygen atoms in total. The predicted octanol–water partition coefficient (Wildman–Crippen LogP) is 2.85. The average molecular weight is 351 g/mol. The lowest BCUT2D eigenvalue weighted by atomic mass is 10.0. The highest BCUT2D eigenvalue weighted by atomic mass is 19.2. The number of halogens is 5. The topological polar surface area (TPSA) is 66.4 Å². The SMILES string of the molecule is C=CCCC(=O)N[C@H](CC(=O)O)Cc1c(F)c(F)c(F)c(F)c1F. The molecule has 132 valence electrons. The van der Waals surface area contributed by atoms with Gasteiger partial charge in [0.2, 0.25) is 11.7 Å². The molecular weight excluding hydrogens is 337 g/mol. The van der Waals surface area contributed by atoms with Crippen LogP contribution in [-0.4, -0.2) is 23.0 Å². The molecule has 0 bridgehead atoms. The minimum Gasteiger partial charge on any atom is -0.481 e. The number of rotatable bonds is 8. The van der Waals surface area contributed by atoms with Crippen molar-refractivity contribution in [3.05, 3.63) is 47.3 Å². The number of nitrogens with one attached hydrogen (secondary N) is 1. The normalized spacial score (nSPS) is 11.9. The van der Waals surface area contributed by atoms with E-state index in [1.54, 1.807) is 0 Å². The minimum absolute atomic E-state index is 0.0588. The van der Waals surface area contributed by atoms with Gasteiger partial charge in [-0.25, -0.2) is 22.0 Å². The maximum Gasteiger partial charge on any atom is 0.305 e. The van der Waals surface area contributed by atoms with Crippen molar-refractivity contribution in [1.29, 1.82) is 0 Å². The van der Waals surface area contributed by atoms with Crippen LogP contribution in [0.1, 0.15) is 24.8 Å². The zero-order valence-corrected chi connectivity index (χ0v) is 12.3. The third-order valence-electron chi connectivity index (χ3n) is 3.11. The van der Waals surface area contributed by atoms with Gasteiger partial charge in [0.1, 0.15) is 0 Å². The van der Waals surface area contributed by atoms with E-state index in [1.807, 2.05) is 0 Å². The van der Waals surface area contributed by atoms with Crippen molar-refractivity contribution in [3.63, 3.8) is 0 Å². The van der Waals surface area contributed by atoms with Crippen LogP contribution in [-0.2, 0) is 16.0 Å². The Bertz CT molecular complexity index is 634. The maximum absolute atomic E-state index is 13.6. The lowest BCUT2D eigenvalue weighted by molar-refractivity contribution is -0.137. The summed E-state index contributed by atoms with van der Waals surface area (Å²) in [7, 11) is 0. The van der Waals surface area contributed by atoms with Gasteiger partial charge in [0, 0.05) is 18.0 Å². The molecule has 0 spiro atoms. The third kappa shape index (κ3) is 4.77.